The summed E-state index contributed by atoms with van der Waals surface area (Å²) in [5.74, 6) is -0.751. The van der Waals surface area contributed by atoms with Crippen LogP contribution in [0.1, 0.15) is 50.8 Å². The van der Waals surface area contributed by atoms with Crippen LogP contribution in [0.3, 0.4) is 0 Å². The molecule has 0 amide bonds. The molecule has 1 rings (SSSR count). The van der Waals surface area contributed by atoms with E-state index in [4.69, 9.17) is 0 Å². The van der Waals surface area contributed by atoms with E-state index in [1.54, 1.807) is 0 Å². The Morgan fingerprint density at radius 1 is 1.15 bits per heavy atom. The molecule has 5 heteroatoms. The Kier molecular flexibility index (Phi) is 5.99. The van der Waals surface area contributed by atoms with Crippen molar-refractivity contribution in [1.82, 2.24) is 5.32 Å². The van der Waals surface area contributed by atoms with Gasteiger partial charge in [-0.05, 0) is 43.0 Å². The van der Waals surface area contributed by atoms with E-state index in [0.717, 1.165) is 25.0 Å². The monoisotopic (exact) mass is 291 g/mol. The zero-order valence-corrected chi connectivity index (χ0v) is 12.0. The van der Waals surface area contributed by atoms with Crippen LogP contribution in [0.25, 0.3) is 0 Å². The Labute approximate surface area is 117 Å². The summed E-state index contributed by atoms with van der Waals surface area (Å²) in [7, 11) is 0. The maximum atomic E-state index is 13.3. The Bertz CT molecular complexity index is 426. The number of rotatable bonds is 6. The first kappa shape index (κ1) is 17.0. The maximum absolute atomic E-state index is 13.3. The normalized spacial score (nSPS) is 13.8. The van der Waals surface area contributed by atoms with Gasteiger partial charge >= 0.3 is 6.18 Å². The number of hydrogen-bond donors (Lipinski definition) is 1. The summed E-state index contributed by atoms with van der Waals surface area (Å²) in [5, 5.41) is 3.16. The van der Waals surface area contributed by atoms with Crippen molar-refractivity contribution in [2.45, 2.75) is 45.8 Å². The van der Waals surface area contributed by atoms with Gasteiger partial charge in [-0.25, -0.2) is 4.39 Å². The van der Waals surface area contributed by atoms with Crippen molar-refractivity contribution in [3.63, 3.8) is 0 Å². The van der Waals surface area contributed by atoms with Gasteiger partial charge < -0.3 is 5.32 Å². The molecule has 20 heavy (non-hydrogen) atoms. The van der Waals surface area contributed by atoms with E-state index in [0.29, 0.717) is 18.0 Å². The first-order valence-electron chi connectivity index (χ1n) is 6.85. The molecule has 0 aliphatic heterocycles. The van der Waals surface area contributed by atoms with E-state index in [2.05, 4.69) is 19.2 Å². The highest BCUT2D eigenvalue weighted by Crippen LogP contribution is 2.33. The third kappa shape index (κ3) is 4.78. The zero-order valence-electron chi connectivity index (χ0n) is 12.0. The van der Waals surface area contributed by atoms with Gasteiger partial charge in [0.05, 0.1) is 5.56 Å². The minimum Gasteiger partial charge on any atom is -0.310 e. The largest absolute Gasteiger partial charge is 0.419 e. The molecule has 1 N–H and O–H groups in total. The molecule has 1 unspecified atom stereocenters. The van der Waals surface area contributed by atoms with Crippen molar-refractivity contribution < 1.29 is 17.6 Å². The van der Waals surface area contributed by atoms with E-state index < -0.39 is 17.6 Å². The first-order valence-corrected chi connectivity index (χ1v) is 6.85. The summed E-state index contributed by atoms with van der Waals surface area (Å²) in [5.41, 5.74) is -0.705. The number of hydrogen-bond acceptors (Lipinski definition) is 1. The smallest absolute Gasteiger partial charge is 0.310 e. The summed E-state index contributed by atoms with van der Waals surface area (Å²) in [6.07, 6.45) is -3.03. The fourth-order valence-corrected chi connectivity index (χ4v) is 2.11. The highest BCUT2D eigenvalue weighted by molar-refractivity contribution is 5.29. The van der Waals surface area contributed by atoms with E-state index in [-0.39, 0.29) is 6.04 Å². The van der Waals surface area contributed by atoms with Gasteiger partial charge in [-0.1, -0.05) is 26.8 Å². The van der Waals surface area contributed by atoms with Gasteiger partial charge in [-0.15, -0.1) is 0 Å². The van der Waals surface area contributed by atoms with Crippen molar-refractivity contribution >= 4 is 0 Å². The second kappa shape index (κ2) is 7.07. The topological polar surface area (TPSA) is 12.0 Å². The molecule has 0 saturated carbocycles. The molecule has 114 valence electrons. The van der Waals surface area contributed by atoms with Crippen LogP contribution in [0.5, 0.6) is 0 Å². The molecule has 0 fully saturated rings. The standard InChI is InChI=1S/C15H21F4N/c1-4-20-14(8-5-10(2)3)11-6-7-13(16)12(9-11)15(17,18)19/h6-7,9-10,14,20H,4-5,8H2,1-3H3. The maximum Gasteiger partial charge on any atom is 0.419 e. The third-order valence-corrected chi connectivity index (χ3v) is 3.18. The molecule has 0 aromatic heterocycles. The molecule has 0 bridgehead atoms. The highest BCUT2D eigenvalue weighted by Gasteiger charge is 2.34. The molecule has 1 atom stereocenters. The van der Waals surface area contributed by atoms with Crippen LogP contribution in [-0.4, -0.2) is 6.54 Å². The predicted molar refractivity (Wildman–Crippen MR) is 71.9 cm³/mol. The quantitative estimate of drug-likeness (QED) is 0.733. The lowest BCUT2D eigenvalue weighted by Gasteiger charge is -2.21. The summed E-state index contributed by atoms with van der Waals surface area (Å²) in [6, 6.07) is 3.07. The minimum absolute atomic E-state index is 0.177. The Balaban J connectivity index is 3.02. The number of benzene rings is 1. The van der Waals surface area contributed by atoms with Gasteiger partial charge in [0.25, 0.3) is 0 Å². The van der Waals surface area contributed by atoms with Gasteiger partial charge in [0.2, 0.25) is 0 Å². The lowest BCUT2D eigenvalue weighted by Crippen LogP contribution is -2.22. The van der Waals surface area contributed by atoms with Gasteiger partial charge in [-0.3, -0.25) is 0 Å². The highest BCUT2D eigenvalue weighted by atomic mass is 19.4. The Morgan fingerprint density at radius 2 is 1.80 bits per heavy atom. The van der Waals surface area contributed by atoms with Crippen LogP contribution in [-0.2, 0) is 6.18 Å². The Morgan fingerprint density at radius 3 is 2.30 bits per heavy atom. The van der Waals surface area contributed by atoms with E-state index in [9.17, 15) is 17.6 Å². The SMILES string of the molecule is CCNC(CCC(C)C)c1ccc(F)c(C(F)(F)F)c1. The molecule has 0 aliphatic rings. The van der Waals surface area contributed by atoms with Gasteiger partial charge in [0.15, 0.2) is 0 Å². The van der Waals surface area contributed by atoms with Crippen molar-refractivity contribution in [1.29, 1.82) is 0 Å². The van der Waals surface area contributed by atoms with Crippen LogP contribution < -0.4 is 5.32 Å². The molecule has 1 aromatic carbocycles. The second-order valence-electron chi connectivity index (χ2n) is 5.32. The van der Waals surface area contributed by atoms with E-state index in [1.807, 2.05) is 6.92 Å². The van der Waals surface area contributed by atoms with Crippen LogP contribution in [0.2, 0.25) is 0 Å². The van der Waals surface area contributed by atoms with Crippen molar-refractivity contribution in [2.75, 3.05) is 6.54 Å². The van der Waals surface area contributed by atoms with Crippen LogP contribution >= 0.6 is 0 Å². The fraction of sp³-hybridized carbons (Fsp3) is 0.600. The summed E-state index contributed by atoms with van der Waals surface area (Å²) in [4.78, 5) is 0. The van der Waals surface area contributed by atoms with E-state index >= 15 is 0 Å². The van der Waals surface area contributed by atoms with Crippen molar-refractivity contribution in [3.8, 4) is 0 Å². The number of halogens is 4. The van der Waals surface area contributed by atoms with Crippen LogP contribution in [0.4, 0.5) is 17.6 Å². The first-order chi connectivity index (χ1) is 9.25. The van der Waals surface area contributed by atoms with Crippen molar-refractivity contribution in [2.24, 2.45) is 5.92 Å². The fourth-order valence-electron chi connectivity index (χ4n) is 2.11. The molecule has 0 spiro atoms. The second-order valence-corrected chi connectivity index (χ2v) is 5.32. The van der Waals surface area contributed by atoms with Gasteiger partial charge in [0.1, 0.15) is 5.82 Å². The zero-order chi connectivity index (χ0) is 15.3. The van der Waals surface area contributed by atoms with Gasteiger partial charge in [0, 0.05) is 6.04 Å². The van der Waals surface area contributed by atoms with Gasteiger partial charge in [-0.2, -0.15) is 13.2 Å². The molecular formula is C15H21F4N. The number of alkyl halides is 3. The molecule has 1 nitrogen and oxygen atoms in total. The minimum atomic E-state index is -4.66. The van der Waals surface area contributed by atoms with Crippen LogP contribution in [0, 0.1) is 11.7 Å². The third-order valence-electron chi connectivity index (χ3n) is 3.18. The Hall–Kier alpha value is -1.10. The molecule has 1 aromatic rings. The predicted octanol–water partition coefficient (Wildman–Crippen LogP) is 4.93. The summed E-state index contributed by atoms with van der Waals surface area (Å²) >= 11 is 0. The van der Waals surface area contributed by atoms with Crippen LogP contribution in [0.15, 0.2) is 18.2 Å². The molecule has 0 radical (unpaired) electrons. The molecular weight excluding hydrogens is 270 g/mol. The molecule has 0 aliphatic carbocycles. The lowest BCUT2D eigenvalue weighted by molar-refractivity contribution is -0.140. The average molecular weight is 291 g/mol. The molecule has 0 heterocycles. The lowest BCUT2D eigenvalue weighted by atomic mass is 9.96. The number of nitrogens with one attached hydrogen (secondary N) is 1. The summed E-state index contributed by atoms with van der Waals surface area (Å²) < 4.78 is 51.5. The van der Waals surface area contributed by atoms with E-state index in [1.165, 1.54) is 6.07 Å². The average Bonchev–Trinajstić information content (AvgIpc) is 2.33. The van der Waals surface area contributed by atoms with Crippen molar-refractivity contribution in [3.05, 3.63) is 35.1 Å². The molecule has 0 saturated heterocycles. The summed E-state index contributed by atoms with van der Waals surface area (Å²) in [6.45, 7) is 6.68.